The summed E-state index contributed by atoms with van der Waals surface area (Å²) in [4.78, 5) is 60.8. The van der Waals surface area contributed by atoms with Crippen LogP contribution in [0.15, 0.2) is 43.7 Å². The summed E-state index contributed by atoms with van der Waals surface area (Å²) in [6, 6.07) is 1.75. The zero-order chi connectivity index (χ0) is 28.9. The van der Waals surface area contributed by atoms with E-state index in [-0.39, 0.29) is 0 Å². The van der Waals surface area contributed by atoms with Crippen molar-refractivity contribution < 1.29 is 53.3 Å². The molecule has 4 rings (SSSR count). The number of alkyl halides is 1. The summed E-state index contributed by atoms with van der Waals surface area (Å²) in [6.07, 6.45) is -14.7. The number of nitrogens with zero attached hydrogens (tertiary/aromatic N) is 2. The van der Waals surface area contributed by atoms with Gasteiger partial charge >= 0.3 is 18.1 Å². The number of aromatic nitrogens is 4. The van der Waals surface area contributed by atoms with Crippen LogP contribution in [-0.2, 0) is 30.3 Å². The number of aliphatic hydroxyl groups excluding tert-OH is 4. The minimum absolute atomic E-state index is 0.523. The SMILES string of the molecule is O=c1ccn([C@@H]2O[C@H](C(O)OP(O)(=S)O[C@@]3(O)[C@@H](CO)O[C@@H](n4ccc(=O)[nH]c4=O)[C@@H]3F)[C@@H](O)[C@H]2O)c(=O)[nH]1. The van der Waals surface area contributed by atoms with E-state index in [0.717, 1.165) is 24.5 Å². The fraction of sp³-hybridized carbons (Fsp3) is 0.556. The van der Waals surface area contributed by atoms with Crippen molar-refractivity contribution in [1.29, 1.82) is 0 Å². The van der Waals surface area contributed by atoms with Crippen molar-refractivity contribution in [2.24, 2.45) is 0 Å². The lowest BCUT2D eigenvalue weighted by molar-refractivity contribution is -0.218. The number of hydrogen-bond donors (Lipinski definition) is 8. The van der Waals surface area contributed by atoms with Crippen molar-refractivity contribution in [2.45, 2.75) is 55.1 Å². The molecule has 216 valence electrons. The highest BCUT2D eigenvalue weighted by Crippen LogP contribution is 2.54. The van der Waals surface area contributed by atoms with Crippen LogP contribution < -0.4 is 22.5 Å². The highest BCUT2D eigenvalue weighted by molar-refractivity contribution is 8.07. The summed E-state index contributed by atoms with van der Waals surface area (Å²) in [5, 5.41) is 51.4. The normalized spacial score (nSPS) is 35.1. The maximum absolute atomic E-state index is 15.4. The third-order valence-corrected chi connectivity index (χ3v) is 7.37. The fourth-order valence-corrected chi connectivity index (χ4v) is 5.66. The second-order valence-corrected chi connectivity index (χ2v) is 11.1. The monoisotopic (exact) mass is 600 g/mol. The Morgan fingerprint density at radius 2 is 1.59 bits per heavy atom. The second kappa shape index (κ2) is 10.8. The van der Waals surface area contributed by atoms with Crippen LogP contribution in [0.3, 0.4) is 0 Å². The Labute approximate surface area is 219 Å². The van der Waals surface area contributed by atoms with E-state index in [9.17, 15) is 49.6 Å². The first-order valence-electron chi connectivity index (χ1n) is 10.9. The maximum atomic E-state index is 15.4. The Morgan fingerprint density at radius 1 is 1.05 bits per heavy atom. The Bertz CT molecular complexity index is 1500. The third kappa shape index (κ3) is 5.59. The van der Waals surface area contributed by atoms with Gasteiger partial charge in [0.1, 0.15) is 24.4 Å². The molecule has 0 amide bonds. The Morgan fingerprint density at radius 3 is 2.10 bits per heavy atom. The average Bonchev–Trinajstić information content (AvgIpc) is 3.26. The van der Waals surface area contributed by atoms with Gasteiger partial charge in [0.2, 0.25) is 12.0 Å². The van der Waals surface area contributed by atoms with Gasteiger partial charge in [0.15, 0.2) is 18.7 Å². The molecule has 0 aliphatic carbocycles. The molecule has 2 aliphatic rings. The third-order valence-electron chi connectivity index (χ3n) is 5.89. The van der Waals surface area contributed by atoms with E-state index in [0.29, 0.717) is 9.13 Å². The summed E-state index contributed by atoms with van der Waals surface area (Å²) in [7, 11) is 0. The molecule has 0 aromatic carbocycles. The van der Waals surface area contributed by atoms with Crippen LogP contribution in [0.25, 0.3) is 0 Å². The van der Waals surface area contributed by atoms with Crippen LogP contribution in [-0.4, -0.2) is 98.8 Å². The predicted octanol–water partition coefficient (Wildman–Crippen LogP) is -4.81. The first kappa shape index (κ1) is 29.5. The molecular weight excluding hydrogens is 578 g/mol. The summed E-state index contributed by atoms with van der Waals surface area (Å²) < 4.78 is 36.6. The van der Waals surface area contributed by atoms with Crippen molar-refractivity contribution in [3.8, 4) is 0 Å². The van der Waals surface area contributed by atoms with Gasteiger partial charge in [-0.05, 0) is 11.8 Å². The molecule has 0 bridgehead atoms. The van der Waals surface area contributed by atoms with Gasteiger partial charge in [-0.1, -0.05) is 0 Å². The minimum atomic E-state index is -4.93. The first-order valence-corrected chi connectivity index (χ1v) is 13.4. The zero-order valence-corrected chi connectivity index (χ0v) is 20.9. The van der Waals surface area contributed by atoms with Gasteiger partial charge in [-0.2, -0.15) is 0 Å². The maximum Gasteiger partial charge on any atom is 0.330 e. The van der Waals surface area contributed by atoms with Crippen molar-refractivity contribution >= 4 is 18.5 Å². The van der Waals surface area contributed by atoms with E-state index < -0.39 is 90.9 Å². The number of H-pyrrole nitrogens is 2. The van der Waals surface area contributed by atoms with Gasteiger partial charge in [-0.25, -0.2) is 14.0 Å². The van der Waals surface area contributed by atoms with Crippen LogP contribution in [0.4, 0.5) is 4.39 Å². The van der Waals surface area contributed by atoms with Gasteiger partial charge in [0.25, 0.3) is 11.1 Å². The van der Waals surface area contributed by atoms with E-state index >= 15 is 4.39 Å². The van der Waals surface area contributed by atoms with Gasteiger partial charge < -0.3 is 39.9 Å². The van der Waals surface area contributed by atoms with Crippen LogP contribution in [0.1, 0.15) is 12.5 Å². The number of hydrogen-bond acceptors (Lipinski definition) is 14. The van der Waals surface area contributed by atoms with Crippen molar-refractivity contribution in [3.05, 3.63) is 66.2 Å². The molecule has 4 heterocycles. The van der Waals surface area contributed by atoms with E-state index in [1.165, 1.54) is 0 Å². The Balaban J connectivity index is 1.52. The summed E-state index contributed by atoms with van der Waals surface area (Å²) >= 11 is 4.73. The number of nitrogens with one attached hydrogen (secondary N) is 2. The quantitative estimate of drug-likeness (QED) is 0.104. The van der Waals surface area contributed by atoms with Crippen molar-refractivity contribution in [2.75, 3.05) is 6.61 Å². The molecule has 2 fully saturated rings. The first-order chi connectivity index (χ1) is 18.2. The molecule has 8 N–H and O–H groups in total. The van der Waals surface area contributed by atoms with Crippen LogP contribution in [0.2, 0.25) is 0 Å². The lowest BCUT2D eigenvalue weighted by Gasteiger charge is -2.33. The number of aliphatic hydroxyl groups is 5. The highest BCUT2D eigenvalue weighted by Gasteiger charge is 2.61. The molecule has 0 spiro atoms. The Kier molecular flexibility index (Phi) is 8.21. The van der Waals surface area contributed by atoms with Crippen molar-refractivity contribution in [1.82, 2.24) is 19.1 Å². The topological polar surface area (TPSA) is 268 Å². The van der Waals surface area contributed by atoms with Crippen LogP contribution >= 0.6 is 6.72 Å². The smallest absolute Gasteiger partial charge is 0.330 e. The summed E-state index contributed by atoms with van der Waals surface area (Å²) in [6.45, 7) is -6.06. The minimum Gasteiger partial charge on any atom is -0.393 e. The molecule has 39 heavy (non-hydrogen) atoms. The second-order valence-electron chi connectivity index (χ2n) is 8.41. The predicted molar refractivity (Wildman–Crippen MR) is 124 cm³/mol. The van der Waals surface area contributed by atoms with Gasteiger partial charge in [-0.3, -0.25) is 37.7 Å². The Hall–Kier alpha value is -2.46. The van der Waals surface area contributed by atoms with Crippen LogP contribution in [0, 0.1) is 0 Å². The summed E-state index contributed by atoms with van der Waals surface area (Å²) in [5.41, 5.74) is -3.77. The van der Waals surface area contributed by atoms with Crippen molar-refractivity contribution in [3.63, 3.8) is 0 Å². The number of ether oxygens (including phenoxy) is 2. The van der Waals surface area contributed by atoms with E-state index in [4.69, 9.17) is 30.3 Å². The molecule has 2 aromatic heterocycles. The molecule has 10 atom stereocenters. The number of halogens is 1. The van der Waals surface area contributed by atoms with E-state index in [1.807, 2.05) is 9.97 Å². The van der Waals surface area contributed by atoms with E-state index in [2.05, 4.69) is 0 Å². The fourth-order valence-electron chi connectivity index (χ4n) is 4.02. The molecule has 2 aliphatic heterocycles. The lowest BCUT2D eigenvalue weighted by Crippen LogP contribution is -2.50. The molecule has 18 nitrogen and oxygen atoms in total. The molecule has 0 radical (unpaired) electrons. The number of aromatic amines is 2. The van der Waals surface area contributed by atoms with E-state index in [1.54, 1.807) is 0 Å². The van der Waals surface area contributed by atoms with Gasteiger partial charge in [-0.15, -0.1) is 0 Å². The number of rotatable bonds is 8. The lowest BCUT2D eigenvalue weighted by atomic mass is 10.1. The highest BCUT2D eigenvalue weighted by atomic mass is 32.5. The van der Waals surface area contributed by atoms with Gasteiger partial charge in [0.05, 0.1) is 6.61 Å². The zero-order valence-electron chi connectivity index (χ0n) is 19.2. The van der Waals surface area contributed by atoms with Gasteiger partial charge in [0, 0.05) is 24.5 Å². The molecule has 0 saturated carbocycles. The molecule has 21 heteroatoms. The molecular formula is C18H22FN4O14PS. The largest absolute Gasteiger partial charge is 0.393 e. The molecule has 2 unspecified atom stereocenters. The summed E-state index contributed by atoms with van der Waals surface area (Å²) in [5.74, 6) is -3.26. The molecule has 2 saturated heterocycles. The van der Waals surface area contributed by atoms with Crippen LogP contribution in [0.5, 0.6) is 0 Å². The average molecular weight is 600 g/mol. The standard InChI is InChI=1S/C18H22FN4O14PS/c19-12-14(23-4-2-8(26)21-17(23)31)34-6(5-24)18(12,32)37-38(33,39)36-15(29)11-9(27)10(28)13(35-11)22-3-1-7(25)20-16(22)30/h1-4,6,9-15,24,27-29,32H,5H2,(H,33,39)(H,20,25,30)(H,21,26,31)/t6-,9+,10-,11+,12+,13-,14-,15?,18+,38?/m1/s1. The molecule has 2 aromatic rings.